The number of rotatable bonds is 4. The molecule has 1 saturated heterocycles. The van der Waals surface area contributed by atoms with Crippen LogP contribution in [0.15, 0.2) is 0 Å². The van der Waals surface area contributed by atoms with Crippen LogP contribution in [0.3, 0.4) is 0 Å². The Morgan fingerprint density at radius 1 is 1.17 bits per heavy atom. The molecule has 0 radical (unpaired) electrons. The standard InChI is InChI=1S/C13H26N2O2S/c1-3-18(16,17)15-9-7-12(8-10-15)14-13-6-4-5-11(13)2/h11-14H,3-10H2,1-2H3. The van der Waals surface area contributed by atoms with Crippen molar-refractivity contribution in [2.24, 2.45) is 5.92 Å². The lowest BCUT2D eigenvalue weighted by atomic mass is 10.0. The summed E-state index contributed by atoms with van der Waals surface area (Å²) in [4.78, 5) is 0. The number of sulfonamides is 1. The van der Waals surface area contributed by atoms with E-state index in [2.05, 4.69) is 12.2 Å². The average Bonchev–Trinajstić information content (AvgIpc) is 2.76. The first-order chi connectivity index (χ1) is 8.53. The summed E-state index contributed by atoms with van der Waals surface area (Å²) in [5, 5.41) is 3.74. The Bertz CT molecular complexity index is 361. The number of hydrogen-bond donors (Lipinski definition) is 1. The van der Waals surface area contributed by atoms with E-state index in [1.165, 1.54) is 19.3 Å². The Morgan fingerprint density at radius 2 is 1.83 bits per heavy atom. The molecule has 1 N–H and O–H groups in total. The first kappa shape index (κ1) is 14.3. The van der Waals surface area contributed by atoms with Crippen molar-refractivity contribution in [2.75, 3.05) is 18.8 Å². The van der Waals surface area contributed by atoms with Crippen LogP contribution in [0, 0.1) is 5.92 Å². The van der Waals surface area contributed by atoms with E-state index in [9.17, 15) is 8.42 Å². The first-order valence-electron chi connectivity index (χ1n) is 7.27. The van der Waals surface area contributed by atoms with Gasteiger partial charge in [-0.1, -0.05) is 13.3 Å². The molecule has 2 atom stereocenters. The van der Waals surface area contributed by atoms with Crippen LogP contribution in [0.2, 0.25) is 0 Å². The van der Waals surface area contributed by atoms with Crippen molar-refractivity contribution in [1.82, 2.24) is 9.62 Å². The number of hydrogen-bond acceptors (Lipinski definition) is 3. The van der Waals surface area contributed by atoms with E-state index >= 15 is 0 Å². The Morgan fingerprint density at radius 3 is 2.33 bits per heavy atom. The monoisotopic (exact) mass is 274 g/mol. The van der Waals surface area contributed by atoms with Gasteiger partial charge in [-0.25, -0.2) is 12.7 Å². The normalized spacial score (nSPS) is 31.9. The third-order valence-corrected chi connectivity index (χ3v) is 6.40. The molecule has 2 aliphatic rings. The lowest BCUT2D eigenvalue weighted by Crippen LogP contribution is -2.48. The van der Waals surface area contributed by atoms with E-state index in [-0.39, 0.29) is 5.75 Å². The quantitative estimate of drug-likeness (QED) is 0.847. The van der Waals surface area contributed by atoms with Crippen molar-refractivity contribution in [3.63, 3.8) is 0 Å². The number of piperidine rings is 1. The molecule has 2 fully saturated rings. The fourth-order valence-corrected chi connectivity index (χ4v) is 4.31. The molecule has 0 aromatic rings. The second-order valence-corrected chi connectivity index (χ2v) is 8.01. The van der Waals surface area contributed by atoms with Crippen molar-refractivity contribution in [1.29, 1.82) is 0 Å². The lowest BCUT2D eigenvalue weighted by Gasteiger charge is -2.33. The summed E-state index contributed by atoms with van der Waals surface area (Å²) in [6, 6.07) is 1.17. The molecule has 1 heterocycles. The van der Waals surface area contributed by atoms with Gasteiger partial charge in [0.25, 0.3) is 0 Å². The van der Waals surface area contributed by atoms with Gasteiger partial charge < -0.3 is 5.32 Å². The highest BCUT2D eigenvalue weighted by Gasteiger charge is 2.30. The van der Waals surface area contributed by atoms with Crippen LogP contribution in [0.1, 0.15) is 46.0 Å². The minimum atomic E-state index is -2.98. The highest BCUT2D eigenvalue weighted by atomic mass is 32.2. The summed E-state index contributed by atoms with van der Waals surface area (Å²) in [6.07, 6.45) is 5.88. The molecule has 4 nitrogen and oxygen atoms in total. The maximum Gasteiger partial charge on any atom is 0.213 e. The largest absolute Gasteiger partial charge is 0.311 e. The van der Waals surface area contributed by atoms with Gasteiger partial charge in [-0.15, -0.1) is 0 Å². The Hall–Kier alpha value is -0.130. The number of nitrogens with zero attached hydrogens (tertiary/aromatic N) is 1. The predicted octanol–water partition coefficient (Wildman–Crippen LogP) is 1.58. The smallest absolute Gasteiger partial charge is 0.213 e. The van der Waals surface area contributed by atoms with Gasteiger partial charge >= 0.3 is 0 Å². The third kappa shape index (κ3) is 3.25. The van der Waals surface area contributed by atoms with Crippen molar-refractivity contribution >= 4 is 10.0 Å². The van der Waals surface area contributed by atoms with Crippen LogP contribution in [0.25, 0.3) is 0 Å². The van der Waals surface area contributed by atoms with Gasteiger partial charge in [0.1, 0.15) is 0 Å². The first-order valence-corrected chi connectivity index (χ1v) is 8.87. The molecule has 0 spiro atoms. The summed E-state index contributed by atoms with van der Waals surface area (Å²) in [6.45, 7) is 5.42. The van der Waals surface area contributed by atoms with Crippen LogP contribution in [-0.2, 0) is 10.0 Å². The van der Waals surface area contributed by atoms with E-state index < -0.39 is 10.0 Å². The zero-order valence-corrected chi connectivity index (χ0v) is 12.4. The fraction of sp³-hybridized carbons (Fsp3) is 1.00. The molecule has 0 aromatic heterocycles. The van der Waals surface area contributed by atoms with Crippen LogP contribution >= 0.6 is 0 Å². The molecule has 0 bridgehead atoms. The Balaban J connectivity index is 1.80. The second kappa shape index (κ2) is 5.88. The molecular formula is C13H26N2O2S. The molecule has 2 unspecified atom stereocenters. The average molecular weight is 274 g/mol. The van der Waals surface area contributed by atoms with Gasteiger partial charge in [0.15, 0.2) is 0 Å². The molecule has 1 aliphatic carbocycles. The van der Waals surface area contributed by atoms with Crippen LogP contribution in [0.5, 0.6) is 0 Å². The fourth-order valence-electron chi connectivity index (χ4n) is 3.18. The van der Waals surface area contributed by atoms with E-state index in [1.807, 2.05) is 0 Å². The molecule has 106 valence electrons. The van der Waals surface area contributed by atoms with Gasteiger partial charge in [0.2, 0.25) is 10.0 Å². The maximum absolute atomic E-state index is 11.8. The summed E-state index contributed by atoms with van der Waals surface area (Å²) < 4.78 is 25.2. The molecular weight excluding hydrogens is 248 g/mol. The summed E-state index contributed by atoms with van der Waals surface area (Å²) in [5.41, 5.74) is 0. The molecule has 0 aromatic carbocycles. The summed E-state index contributed by atoms with van der Waals surface area (Å²) >= 11 is 0. The van der Waals surface area contributed by atoms with Crippen LogP contribution < -0.4 is 5.32 Å². The van der Waals surface area contributed by atoms with E-state index in [0.29, 0.717) is 25.2 Å². The third-order valence-electron chi connectivity index (χ3n) is 4.52. The Kier molecular flexibility index (Phi) is 4.67. The van der Waals surface area contributed by atoms with Gasteiger partial charge in [-0.3, -0.25) is 0 Å². The zero-order chi connectivity index (χ0) is 13.2. The summed E-state index contributed by atoms with van der Waals surface area (Å²) in [5.74, 6) is 1.01. The van der Waals surface area contributed by atoms with Gasteiger partial charge in [0.05, 0.1) is 5.75 Å². The van der Waals surface area contributed by atoms with Crippen molar-refractivity contribution in [2.45, 2.75) is 58.0 Å². The minimum absolute atomic E-state index is 0.227. The molecule has 1 saturated carbocycles. The van der Waals surface area contributed by atoms with Crippen molar-refractivity contribution in [3.8, 4) is 0 Å². The molecule has 2 rings (SSSR count). The molecule has 5 heteroatoms. The predicted molar refractivity (Wildman–Crippen MR) is 74.0 cm³/mol. The van der Waals surface area contributed by atoms with Gasteiger partial charge in [-0.2, -0.15) is 0 Å². The topological polar surface area (TPSA) is 49.4 Å². The minimum Gasteiger partial charge on any atom is -0.311 e. The molecule has 0 amide bonds. The van der Waals surface area contributed by atoms with E-state index in [0.717, 1.165) is 18.8 Å². The number of nitrogens with one attached hydrogen (secondary N) is 1. The van der Waals surface area contributed by atoms with Gasteiger partial charge in [0, 0.05) is 25.2 Å². The summed E-state index contributed by atoms with van der Waals surface area (Å²) in [7, 11) is -2.98. The zero-order valence-electron chi connectivity index (χ0n) is 11.6. The molecule has 1 aliphatic heterocycles. The lowest BCUT2D eigenvalue weighted by molar-refractivity contribution is 0.260. The maximum atomic E-state index is 11.8. The molecule has 18 heavy (non-hydrogen) atoms. The van der Waals surface area contributed by atoms with Gasteiger partial charge in [-0.05, 0) is 38.5 Å². The SMILES string of the molecule is CCS(=O)(=O)N1CCC(NC2CCCC2C)CC1. The second-order valence-electron chi connectivity index (χ2n) is 5.76. The van der Waals surface area contributed by atoms with Crippen LogP contribution in [0.4, 0.5) is 0 Å². The van der Waals surface area contributed by atoms with E-state index in [4.69, 9.17) is 0 Å². The highest BCUT2D eigenvalue weighted by Crippen LogP contribution is 2.26. The highest BCUT2D eigenvalue weighted by molar-refractivity contribution is 7.89. The van der Waals surface area contributed by atoms with E-state index in [1.54, 1.807) is 11.2 Å². The Labute approximate surface area is 111 Å². The van der Waals surface area contributed by atoms with Crippen molar-refractivity contribution < 1.29 is 8.42 Å². The van der Waals surface area contributed by atoms with Crippen molar-refractivity contribution in [3.05, 3.63) is 0 Å². The van der Waals surface area contributed by atoms with Crippen LogP contribution in [-0.4, -0.2) is 43.6 Å².